The summed E-state index contributed by atoms with van der Waals surface area (Å²) >= 11 is 0. The van der Waals surface area contributed by atoms with E-state index in [4.69, 9.17) is 5.84 Å². The third kappa shape index (κ3) is 3.34. The lowest BCUT2D eigenvalue weighted by molar-refractivity contribution is -0.251. The number of likely N-dealkylation sites (tertiary alicyclic amines) is 1. The van der Waals surface area contributed by atoms with E-state index in [0.29, 0.717) is 26.2 Å². The highest BCUT2D eigenvalue weighted by atomic mass is 35.5. The van der Waals surface area contributed by atoms with E-state index in [1.54, 1.807) is 6.92 Å². The molecule has 4 N–H and O–H groups in total. The highest BCUT2D eigenvalue weighted by Gasteiger charge is 2.60. The second-order valence-corrected chi connectivity index (χ2v) is 6.82. The van der Waals surface area contributed by atoms with Crippen LogP contribution in [0, 0.1) is 17.3 Å². The van der Waals surface area contributed by atoms with Crippen LogP contribution in [0.15, 0.2) is 0 Å². The van der Waals surface area contributed by atoms with E-state index >= 15 is 0 Å². The smallest absolute Gasteiger partial charge is 0.373 e. The van der Waals surface area contributed by atoms with Crippen LogP contribution in [0.1, 0.15) is 33.1 Å². The van der Waals surface area contributed by atoms with Crippen LogP contribution in [0.2, 0.25) is 0 Å². The molecule has 2 fully saturated rings. The predicted octanol–water partition coefficient (Wildman–Crippen LogP) is 0.976. The lowest BCUT2D eigenvalue weighted by Crippen LogP contribution is -2.59. The number of hydrazine groups is 1. The molecule has 2 amide bonds. The topological polar surface area (TPSA) is 95.7 Å². The summed E-state index contributed by atoms with van der Waals surface area (Å²) in [6.45, 7) is 2.43. The minimum absolute atomic E-state index is 0. The van der Waals surface area contributed by atoms with Gasteiger partial charge in [-0.25, -0.2) is 5.84 Å². The maximum atomic E-state index is 12.8. The number of alkyl halides is 3. The van der Waals surface area contributed by atoms with Crippen LogP contribution in [0.4, 0.5) is 13.2 Å². The molecule has 140 valence electrons. The molecule has 0 aromatic rings. The quantitative estimate of drug-likeness (QED) is 0.390. The number of nitrogens with zero attached hydrogens (tertiary/aromatic N) is 1. The zero-order chi connectivity index (χ0) is 17.6. The van der Waals surface area contributed by atoms with Crippen molar-refractivity contribution in [1.82, 2.24) is 10.3 Å². The third-order valence-corrected chi connectivity index (χ3v) is 5.24. The van der Waals surface area contributed by atoms with Crippen molar-refractivity contribution < 1.29 is 27.9 Å². The second-order valence-electron chi connectivity index (χ2n) is 6.82. The number of aliphatic hydroxyl groups is 1. The van der Waals surface area contributed by atoms with Gasteiger partial charge in [-0.1, -0.05) is 6.92 Å². The molecule has 2 rings (SSSR count). The molecule has 6 nitrogen and oxygen atoms in total. The molecule has 1 saturated carbocycles. The molecule has 0 bridgehead atoms. The van der Waals surface area contributed by atoms with Crippen molar-refractivity contribution in [2.24, 2.45) is 23.1 Å². The zero-order valence-corrected chi connectivity index (χ0v) is 14.3. The molecule has 2 aliphatic rings. The summed E-state index contributed by atoms with van der Waals surface area (Å²) in [6.07, 6.45) is -3.23. The summed E-state index contributed by atoms with van der Waals surface area (Å²) in [7, 11) is 0. The number of carbonyl (C=O) groups excluding carboxylic acids is 2. The number of piperidine rings is 1. The number of carbonyl (C=O) groups is 2. The number of hydrogen-bond donors (Lipinski definition) is 3. The van der Waals surface area contributed by atoms with E-state index in [0.717, 1.165) is 4.90 Å². The number of rotatable bonds is 3. The van der Waals surface area contributed by atoms with Crippen LogP contribution >= 0.6 is 12.4 Å². The summed E-state index contributed by atoms with van der Waals surface area (Å²) in [5, 5.41) is 9.53. The van der Waals surface area contributed by atoms with Crippen LogP contribution in [0.5, 0.6) is 0 Å². The molecule has 1 aliphatic carbocycles. The van der Waals surface area contributed by atoms with E-state index in [1.165, 1.54) is 0 Å². The molecular weight excluding hydrogens is 351 g/mol. The van der Waals surface area contributed by atoms with Gasteiger partial charge in [0, 0.05) is 13.1 Å². The van der Waals surface area contributed by atoms with Crippen molar-refractivity contribution in [3.63, 3.8) is 0 Å². The number of amides is 2. The van der Waals surface area contributed by atoms with Crippen LogP contribution < -0.4 is 11.3 Å². The van der Waals surface area contributed by atoms with E-state index < -0.39 is 23.1 Å². The zero-order valence-electron chi connectivity index (χ0n) is 13.5. The van der Waals surface area contributed by atoms with Crippen LogP contribution in [-0.2, 0) is 9.59 Å². The van der Waals surface area contributed by atoms with Gasteiger partial charge in [0.05, 0.1) is 5.41 Å². The molecule has 10 heteroatoms. The fourth-order valence-electron chi connectivity index (χ4n) is 3.62. The molecule has 0 spiro atoms. The average molecular weight is 374 g/mol. The van der Waals surface area contributed by atoms with Gasteiger partial charge in [-0.15, -0.1) is 12.4 Å². The van der Waals surface area contributed by atoms with Crippen molar-refractivity contribution in [2.75, 3.05) is 13.1 Å². The lowest BCUT2D eigenvalue weighted by Gasteiger charge is -2.42. The normalized spacial score (nSPS) is 28.4. The minimum Gasteiger partial charge on any atom is -0.373 e. The first kappa shape index (κ1) is 21.0. The fraction of sp³-hybridized carbons (Fsp3) is 0.857. The van der Waals surface area contributed by atoms with Gasteiger partial charge in [0.1, 0.15) is 0 Å². The molecule has 3 atom stereocenters. The Bertz CT molecular complexity index is 509. The van der Waals surface area contributed by atoms with Gasteiger partial charge < -0.3 is 10.0 Å². The maximum Gasteiger partial charge on any atom is 0.426 e. The minimum atomic E-state index is -5.03. The fourth-order valence-corrected chi connectivity index (χ4v) is 3.62. The van der Waals surface area contributed by atoms with E-state index in [1.807, 2.05) is 0 Å². The summed E-state index contributed by atoms with van der Waals surface area (Å²) in [5.41, 5.74) is -1.80. The Hall–Kier alpha value is -1.06. The predicted molar refractivity (Wildman–Crippen MR) is 81.8 cm³/mol. The molecule has 0 aromatic carbocycles. The second kappa shape index (κ2) is 6.68. The molecule has 0 aromatic heterocycles. The van der Waals surface area contributed by atoms with E-state index in [-0.39, 0.29) is 43.2 Å². The third-order valence-electron chi connectivity index (χ3n) is 5.24. The summed E-state index contributed by atoms with van der Waals surface area (Å²) in [6, 6.07) is 0. The Balaban J connectivity index is 0.00000288. The molecule has 1 heterocycles. The van der Waals surface area contributed by atoms with Crippen LogP contribution in [0.3, 0.4) is 0 Å². The Kier molecular flexibility index (Phi) is 5.84. The first-order valence-electron chi connectivity index (χ1n) is 7.57. The Morgan fingerprint density at radius 3 is 2.25 bits per heavy atom. The van der Waals surface area contributed by atoms with Gasteiger partial charge in [0.25, 0.3) is 5.91 Å². The number of nitrogens with one attached hydrogen (secondary N) is 1. The highest BCUT2D eigenvalue weighted by molar-refractivity contribution is 5.86. The summed E-state index contributed by atoms with van der Waals surface area (Å²) in [5.74, 6) is 3.42. The van der Waals surface area contributed by atoms with Gasteiger partial charge in [-0.2, -0.15) is 13.2 Å². The molecule has 1 aliphatic heterocycles. The van der Waals surface area contributed by atoms with Gasteiger partial charge in [-0.05, 0) is 38.0 Å². The standard InChI is InChI=1S/C14H22F3N3O3.ClH/c1-8-7-20(11(22)12(2,23)14(15,16)17)6-3-9(8)13(4-5-13)10(21)19-18;/h8-9,23H,3-7,18H2,1-2H3,(H,19,21);1H/t8?,9?,12-;/m1./s1. The Morgan fingerprint density at radius 2 is 1.88 bits per heavy atom. The van der Waals surface area contributed by atoms with Gasteiger partial charge in [0.15, 0.2) is 0 Å². The molecule has 0 radical (unpaired) electrons. The van der Waals surface area contributed by atoms with E-state index in [9.17, 15) is 27.9 Å². The Labute approximate surface area is 144 Å². The van der Waals surface area contributed by atoms with Crippen molar-refractivity contribution >= 4 is 24.2 Å². The lowest BCUT2D eigenvalue weighted by atomic mass is 9.74. The van der Waals surface area contributed by atoms with Crippen LogP contribution in [0.25, 0.3) is 0 Å². The van der Waals surface area contributed by atoms with Crippen LogP contribution in [-0.4, -0.2) is 46.7 Å². The number of nitrogens with two attached hydrogens (primary N) is 1. The largest absolute Gasteiger partial charge is 0.426 e. The van der Waals surface area contributed by atoms with E-state index in [2.05, 4.69) is 5.43 Å². The van der Waals surface area contributed by atoms with Gasteiger partial charge in [-0.3, -0.25) is 15.0 Å². The van der Waals surface area contributed by atoms with Crippen molar-refractivity contribution in [3.05, 3.63) is 0 Å². The van der Waals surface area contributed by atoms with Gasteiger partial charge in [0.2, 0.25) is 11.5 Å². The first-order valence-corrected chi connectivity index (χ1v) is 7.57. The van der Waals surface area contributed by atoms with Gasteiger partial charge >= 0.3 is 6.18 Å². The molecular formula is C14H23ClF3N3O3. The SMILES string of the molecule is CC1CN(C(=O)[C@@](C)(O)C(F)(F)F)CCC1C1(C(=O)NN)CC1.Cl. The summed E-state index contributed by atoms with van der Waals surface area (Å²) < 4.78 is 38.4. The average Bonchev–Trinajstić information content (AvgIpc) is 3.25. The molecule has 1 saturated heterocycles. The monoisotopic (exact) mass is 373 g/mol. The molecule has 2 unspecified atom stereocenters. The maximum absolute atomic E-state index is 12.8. The van der Waals surface area contributed by atoms with Crippen molar-refractivity contribution in [3.8, 4) is 0 Å². The first-order chi connectivity index (χ1) is 10.5. The van der Waals surface area contributed by atoms with Crippen molar-refractivity contribution in [2.45, 2.75) is 44.9 Å². The number of halogens is 4. The summed E-state index contributed by atoms with van der Waals surface area (Å²) in [4.78, 5) is 25.0. The number of hydrogen-bond acceptors (Lipinski definition) is 4. The highest BCUT2D eigenvalue weighted by Crippen LogP contribution is 2.56. The van der Waals surface area contributed by atoms with Crippen molar-refractivity contribution in [1.29, 1.82) is 0 Å². The Morgan fingerprint density at radius 1 is 1.33 bits per heavy atom. The molecule has 24 heavy (non-hydrogen) atoms.